The Balaban J connectivity index is 0.00000363. The first-order valence-electron chi connectivity index (χ1n) is 10.7. The third-order valence-corrected chi connectivity index (χ3v) is 5.26. The van der Waals surface area contributed by atoms with E-state index in [-0.39, 0.29) is 24.0 Å². The summed E-state index contributed by atoms with van der Waals surface area (Å²) in [6, 6.07) is 10.4. The van der Waals surface area contributed by atoms with Gasteiger partial charge >= 0.3 is 0 Å². The standard InChI is InChI=1S/C23H34N6O2.HI/c1-6-24-23(26-15-17-7-9-25-22(11-17)28(2)3)27-18-8-10-29(16-18)19-12-20(30-4)14-21(13-19)31-5;/h7,9,11-14,18H,6,8,10,15-16H2,1-5H3,(H2,24,26,27);1H. The van der Waals surface area contributed by atoms with E-state index in [0.717, 1.165) is 60.6 Å². The normalized spacial score (nSPS) is 15.7. The molecular formula is C23H35IN6O2. The number of benzene rings is 1. The number of hydrogen-bond acceptors (Lipinski definition) is 6. The van der Waals surface area contributed by atoms with E-state index in [1.54, 1.807) is 14.2 Å². The van der Waals surface area contributed by atoms with Crippen molar-refractivity contribution in [2.45, 2.75) is 25.9 Å². The maximum atomic E-state index is 5.42. The molecule has 1 aromatic heterocycles. The summed E-state index contributed by atoms with van der Waals surface area (Å²) in [4.78, 5) is 13.5. The lowest BCUT2D eigenvalue weighted by Crippen LogP contribution is -2.44. The number of methoxy groups -OCH3 is 2. The van der Waals surface area contributed by atoms with Gasteiger partial charge in [0.05, 0.1) is 20.8 Å². The Kier molecular flexibility index (Phi) is 10.1. The molecule has 1 fully saturated rings. The third-order valence-electron chi connectivity index (χ3n) is 5.26. The minimum absolute atomic E-state index is 0. The molecule has 0 spiro atoms. The van der Waals surface area contributed by atoms with Crippen molar-refractivity contribution < 1.29 is 9.47 Å². The smallest absolute Gasteiger partial charge is 0.191 e. The van der Waals surface area contributed by atoms with Gasteiger partial charge in [-0.25, -0.2) is 9.98 Å². The minimum atomic E-state index is 0. The van der Waals surface area contributed by atoms with Gasteiger partial charge in [0, 0.05) is 69.9 Å². The van der Waals surface area contributed by atoms with Crippen molar-refractivity contribution in [3.8, 4) is 11.5 Å². The van der Waals surface area contributed by atoms with Crippen molar-refractivity contribution in [2.75, 3.05) is 57.7 Å². The van der Waals surface area contributed by atoms with Crippen LogP contribution in [0.15, 0.2) is 41.5 Å². The predicted molar refractivity (Wildman–Crippen MR) is 142 cm³/mol. The number of pyridine rings is 1. The fourth-order valence-electron chi connectivity index (χ4n) is 3.57. The minimum Gasteiger partial charge on any atom is -0.497 e. The van der Waals surface area contributed by atoms with E-state index in [2.05, 4.69) is 45.6 Å². The maximum Gasteiger partial charge on any atom is 0.191 e. The van der Waals surface area contributed by atoms with E-state index in [0.29, 0.717) is 12.6 Å². The Hall–Kier alpha value is -2.43. The van der Waals surface area contributed by atoms with Crippen LogP contribution >= 0.6 is 24.0 Å². The van der Waals surface area contributed by atoms with E-state index in [4.69, 9.17) is 14.5 Å². The second kappa shape index (κ2) is 12.6. The molecule has 1 aliphatic rings. The third kappa shape index (κ3) is 7.04. The zero-order valence-corrected chi connectivity index (χ0v) is 21.9. The number of nitrogens with one attached hydrogen (secondary N) is 2. The molecule has 1 saturated heterocycles. The van der Waals surface area contributed by atoms with Crippen LogP contribution in [0.5, 0.6) is 11.5 Å². The molecule has 1 atom stereocenters. The van der Waals surface area contributed by atoms with Crippen LogP contribution in [0.3, 0.4) is 0 Å². The van der Waals surface area contributed by atoms with E-state index in [9.17, 15) is 0 Å². The largest absolute Gasteiger partial charge is 0.497 e. The molecule has 3 rings (SSSR count). The lowest BCUT2D eigenvalue weighted by atomic mass is 10.2. The van der Waals surface area contributed by atoms with Gasteiger partial charge < -0.3 is 29.9 Å². The molecule has 0 aliphatic carbocycles. The summed E-state index contributed by atoms with van der Waals surface area (Å²) in [7, 11) is 7.34. The molecule has 0 bridgehead atoms. The number of anilines is 2. The Morgan fingerprint density at radius 2 is 1.91 bits per heavy atom. The average Bonchev–Trinajstić information content (AvgIpc) is 3.26. The van der Waals surface area contributed by atoms with Gasteiger partial charge in [0.25, 0.3) is 0 Å². The molecule has 2 aromatic rings. The molecule has 1 aromatic carbocycles. The molecule has 1 aliphatic heterocycles. The molecule has 2 N–H and O–H groups in total. The molecular weight excluding hydrogens is 519 g/mol. The van der Waals surface area contributed by atoms with Gasteiger partial charge in [0.2, 0.25) is 0 Å². The number of guanidine groups is 1. The van der Waals surface area contributed by atoms with Crippen LogP contribution in [0.4, 0.5) is 11.5 Å². The maximum absolute atomic E-state index is 5.42. The summed E-state index contributed by atoms with van der Waals surface area (Å²) in [5.74, 6) is 3.37. The van der Waals surface area contributed by atoms with Crippen molar-refractivity contribution in [2.24, 2.45) is 4.99 Å². The highest BCUT2D eigenvalue weighted by Gasteiger charge is 2.24. The molecule has 8 nitrogen and oxygen atoms in total. The van der Waals surface area contributed by atoms with Crippen molar-refractivity contribution in [1.29, 1.82) is 0 Å². The summed E-state index contributed by atoms with van der Waals surface area (Å²) in [6.07, 6.45) is 2.86. The second-order valence-corrected chi connectivity index (χ2v) is 7.76. The van der Waals surface area contributed by atoms with E-state index >= 15 is 0 Å². The summed E-state index contributed by atoms with van der Waals surface area (Å²) < 4.78 is 10.8. The number of rotatable bonds is 8. The molecule has 0 saturated carbocycles. The highest BCUT2D eigenvalue weighted by Crippen LogP contribution is 2.30. The number of aliphatic imine (C=N–C) groups is 1. The zero-order valence-electron chi connectivity index (χ0n) is 19.6. The SMILES string of the molecule is CCNC(=NCc1ccnc(N(C)C)c1)NC1CCN(c2cc(OC)cc(OC)c2)C1.I. The van der Waals surface area contributed by atoms with Crippen LogP contribution < -0.4 is 29.9 Å². The topological polar surface area (TPSA) is 74.3 Å². The zero-order chi connectivity index (χ0) is 22.2. The molecule has 176 valence electrons. The van der Waals surface area contributed by atoms with Gasteiger partial charge in [-0.15, -0.1) is 24.0 Å². The van der Waals surface area contributed by atoms with E-state index in [1.165, 1.54) is 0 Å². The number of ether oxygens (including phenoxy) is 2. The Morgan fingerprint density at radius 1 is 1.19 bits per heavy atom. The van der Waals surface area contributed by atoms with Crippen LogP contribution in [-0.4, -0.2) is 64.9 Å². The lowest BCUT2D eigenvalue weighted by Gasteiger charge is -2.21. The molecule has 0 radical (unpaired) electrons. The average molecular weight is 554 g/mol. The van der Waals surface area contributed by atoms with Crippen molar-refractivity contribution in [3.63, 3.8) is 0 Å². The van der Waals surface area contributed by atoms with Crippen LogP contribution in [0.1, 0.15) is 18.9 Å². The van der Waals surface area contributed by atoms with E-state index < -0.39 is 0 Å². The summed E-state index contributed by atoms with van der Waals surface area (Å²) in [5, 5.41) is 6.95. The van der Waals surface area contributed by atoms with E-state index in [1.807, 2.05) is 37.3 Å². The Labute approximate surface area is 208 Å². The first kappa shape index (κ1) is 25.8. The fraction of sp³-hybridized carbons (Fsp3) is 0.478. The summed E-state index contributed by atoms with van der Waals surface area (Å²) in [6.45, 7) is 5.35. The molecule has 2 heterocycles. The monoisotopic (exact) mass is 554 g/mol. The molecule has 32 heavy (non-hydrogen) atoms. The quantitative estimate of drug-likeness (QED) is 0.295. The fourth-order valence-corrected chi connectivity index (χ4v) is 3.57. The van der Waals surface area contributed by atoms with Crippen molar-refractivity contribution >= 4 is 41.4 Å². The Morgan fingerprint density at radius 3 is 2.53 bits per heavy atom. The van der Waals surface area contributed by atoms with Crippen LogP contribution in [0, 0.1) is 0 Å². The van der Waals surface area contributed by atoms with Gasteiger partial charge in [-0.1, -0.05) is 0 Å². The van der Waals surface area contributed by atoms with Crippen LogP contribution in [-0.2, 0) is 6.54 Å². The van der Waals surface area contributed by atoms with Gasteiger partial charge in [0.1, 0.15) is 17.3 Å². The number of nitrogens with zero attached hydrogens (tertiary/aromatic N) is 4. The highest BCUT2D eigenvalue weighted by atomic mass is 127. The summed E-state index contributed by atoms with van der Waals surface area (Å²) >= 11 is 0. The van der Waals surface area contributed by atoms with Crippen LogP contribution in [0.25, 0.3) is 0 Å². The summed E-state index contributed by atoms with van der Waals surface area (Å²) in [5.41, 5.74) is 2.24. The van der Waals surface area contributed by atoms with Crippen molar-refractivity contribution in [1.82, 2.24) is 15.6 Å². The Bertz CT molecular complexity index is 870. The number of aromatic nitrogens is 1. The lowest BCUT2D eigenvalue weighted by molar-refractivity contribution is 0.394. The number of halogens is 1. The van der Waals surface area contributed by atoms with Crippen molar-refractivity contribution in [3.05, 3.63) is 42.1 Å². The first-order chi connectivity index (χ1) is 15.0. The number of hydrogen-bond donors (Lipinski definition) is 2. The predicted octanol–water partition coefficient (Wildman–Crippen LogP) is 3.12. The highest BCUT2D eigenvalue weighted by molar-refractivity contribution is 14.0. The molecule has 1 unspecified atom stereocenters. The molecule has 0 amide bonds. The van der Waals surface area contributed by atoms with Crippen LogP contribution in [0.2, 0.25) is 0 Å². The van der Waals surface area contributed by atoms with Gasteiger partial charge in [-0.2, -0.15) is 0 Å². The van der Waals surface area contributed by atoms with Gasteiger partial charge in [-0.05, 0) is 31.0 Å². The van der Waals surface area contributed by atoms with Gasteiger partial charge in [-0.3, -0.25) is 0 Å². The second-order valence-electron chi connectivity index (χ2n) is 7.76. The van der Waals surface area contributed by atoms with Gasteiger partial charge in [0.15, 0.2) is 5.96 Å². The molecule has 9 heteroatoms. The first-order valence-corrected chi connectivity index (χ1v) is 10.7.